The molecule has 0 bridgehead atoms. The van der Waals surface area contributed by atoms with Gasteiger partial charge in [0.25, 0.3) is 11.8 Å². The molecule has 9 heteroatoms. The summed E-state index contributed by atoms with van der Waals surface area (Å²) in [6.07, 6.45) is -0.752. The number of rotatable bonds is 7. The summed E-state index contributed by atoms with van der Waals surface area (Å²) in [5.41, 5.74) is 2.78. The minimum atomic E-state index is -0.737. The van der Waals surface area contributed by atoms with E-state index in [1.54, 1.807) is 65.6 Å². The van der Waals surface area contributed by atoms with E-state index in [1.165, 1.54) is 26.0 Å². The highest BCUT2D eigenvalue weighted by atomic mass is 16.5. The molecule has 3 amide bonds. The third-order valence-corrected chi connectivity index (χ3v) is 6.62. The van der Waals surface area contributed by atoms with Gasteiger partial charge in [-0.2, -0.15) is 0 Å². The monoisotopic (exact) mass is 499 g/mol. The molecular weight excluding hydrogens is 474 g/mol. The van der Waals surface area contributed by atoms with E-state index in [2.05, 4.69) is 5.32 Å². The normalized spacial score (nSPS) is 15.6. The lowest BCUT2D eigenvalue weighted by Crippen LogP contribution is -2.49. The third-order valence-electron chi connectivity index (χ3n) is 6.62. The van der Waals surface area contributed by atoms with Gasteiger partial charge in [-0.05, 0) is 37.3 Å². The predicted molar refractivity (Wildman–Crippen MR) is 136 cm³/mol. The van der Waals surface area contributed by atoms with E-state index in [0.29, 0.717) is 45.1 Å². The quantitative estimate of drug-likeness (QED) is 0.492. The van der Waals surface area contributed by atoms with Crippen LogP contribution in [-0.2, 0) is 4.79 Å². The maximum atomic E-state index is 13.7. The number of fused-ring (bicyclic) bond motifs is 5. The molecule has 3 aromatic carbocycles. The van der Waals surface area contributed by atoms with Crippen LogP contribution in [0.2, 0.25) is 0 Å². The summed E-state index contributed by atoms with van der Waals surface area (Å²) in [6.45, 7) is 1.52. The number of methoxy groups -OCH3 is 2. The molecule has 0 fully saturated rings. The Balaban J connectivity index is 1.48. The molecule has 5 rings (SSSR count). The molecule has 0 saturated carbocycles. The fourth-order valence-electron chi connectivity index (χ4n) is 4.91. The van der Waals surface area contributed by atoms with Crippen molar-refractivity contribution in [1.29, 1.82) is 0 Å². The molecule has 0 aliphatic carbocycles. The number of benzene rings is 3. The average molecular weight is 500 g/mol. The van der Waals surface area contributed by atoms with Gasteiger partial charge in [-0.15, -0.1) is 0 Å². The van der Waals surface area contributed by atoms with Crippen LogP contribution in [0.1, 0.15) is 56.1 Å². The Morgan fingerprint density at radius 1 is 0.946 bits per heavy atom. The van der Waals surface area contributed by atoms with Crippen molar-refractivity contribution >= 4 is 34.9 Å². The molecule has 2 aliphatic heterocycles. The SMILES string of the molecule is COc1ccc2c(c1OC)C(=O)N1c3ccccc3C(=O)N(CCC(=O)Nc3cccc(C(C)=O)c3)[C@H]21. The standard InChI is InChI=1S/C28H25N3O6/c1-16(32)17-7-6-8-18(15-17)29-23(33)13-14-30-26-20-11-12-22(36-2)25(37-3)24(20)28(35)31(26)21-10-5-4-9-19(21)27(30)34/h4-12,15,26H,13-14H2,1-3H3,(H,29,33)/t26-/m0/s1. The molecule has 0 aromatic heterocycles. The molecule has 0 spiro atoms. The number of ketones is 1. The van der Waals surface area contributed by atoms with Crippen LogP contribution in [0, 0.1) is 0 Å². The van der Waals surface area contributed by atoms with Gasteiger partial charge in [-0.25, -0.2) is 0 Å². The Morgan fingerprint density at radius 2 is 1.73 bits per heavy atom. The topological polar surface area (TPSA) is 105 Å². The number of carbonyl (C=O) groups is 4. The molecule has 0 unspecified atom stereocenters. The molecule has 0 saturated heterocycles. The first-order valence-electron chi connectivity index (χ1n) is 11.7. The van der Waals surface area contributed by atoms with Gasteiger partial charge in [0.15, 0.2) is 17.3 Å². The van der Waals surface area contributed by atoms with Crippen LogP contribution < -0.4 is 19.7 Å². The first kappa shape index (κ1) is 24.1. The van der Waals surface area contributed by atoms with Gasteiger partial charge < -0.3 is 19.7 Å². The van der Waals surface area contributed by atoms with Crippen LogP contribution in [0.15, 0.2) is 60.7 Å². The molecule has 188 valence electrons. The summed E-state index contributed by atoms with van der Waals surface area (Å²) in [4.78, 5) is 54.9. The number of nitrogens with one attached hydrogen (secondary N) is 1. The Labute approximate surface area is 213 Å². The number of nitrogens with zero attached hydrogens (tertiary/aromatic N) is 2. The van der Waals surface area contributed by atoms with E-state index < -0.39 is 6.17 Å². The van der Waals surface area contributed by atoms with Gasteiger partial charge in [0.05, 0.1) is 31.0 Å². The molecule has 1 atom stereocenters. The van der Waals surface area contributed by atoms with Crippen molar-refractivity contribution in [3.8, 4) is 11.5 Å². The van der Waals surface area contributed by atoms with Gasteiger partial charge in [0.2, 0.25) is 5.91 Å². The summed E-state index contributed by atoms with van der Waals surface area (Å²) in [6, 6.07) is 17.0. The number of para-hydroxylation sites is 1. The first-order valence-corrected chi connectivity index (χ1v) is 11.7. The van der Waals surface area contributed by atoms with Crippen molar-refractivity contribution in [3.63, 3.8) is 0 Å². The minimum absolute atomic E-state index is 0.0145. The van der Waals surface area contributed by atoms with Crippen LogP contribution in [0.25, 0.3) is 0 Å². The number of anilines is 2. The van der Waals surface area contributed by atoms with E-state index in [9.17, 15) is 19.2 Å². The summed E-state index contributed by atoms with van der Waals surface area (Å²) >= 11 is 0. The van der Waals surface area contributed by atoms with Gasteiger partial charge in [-0.3, -0.25) is 24.1 Å². The van der Waals surface area contributed by atoms with Crippen LogP contribution in [0.4, 0.5) is 11.4 Å². The summed E-state index contributed by atoms with van der Waals surface area (Å²) in [5, 5.41) is 2.79. The van der Waals surface area contributed by atoms with Gasteiger partial charge in [0, 0.05) is 29.8 Å². The summed E-state index contributed by atoms with van der Waals surface area (Å²) in [5.74, 6) is -0.314. The van der Waals surface area contributed by atoms with Gasteiger partial charge >= 0.3 is 0 Å². The van der Waals surface area contributed by atoms with Gasteiger partial charge in [-0.1, -0.05) is 30.3 Å². The fraction of sp³-hybridized carbons (Fsp3) is 0.214. The molecule has 9 nitrogen and oxygen atoms in total. The number of hydrogen-bond acceptors (Lipinski definition) is 6. The molecule has 0 radical (unpaired) electrons. The highest BCUT2D eigenvalue weighted by Crippen LogP contribution is 2.49. The Hall–Kier alpha value is -4.66. The summed E-state index contributed by atoms with van der Waals surface area (Å²) in [7, 11) is 2.96. The smallest absolute Gasteiger partial charge is 0.264 e. The van der Waals surface area contributed by atoms with Gasteiger partial charge in [0.1, 0.15) is 6.17 Å². The second-order valence-corrected chi connectivity index (χ2v) is 8.76. The highest BCUT2D eigenvalue weighted by Gasteiger charge is 2.49. The van der Waals surface area contributed by atoms with Crippen molar-refractivity contribution in [1.82, 2.24) is 4.90 Å². The lowest BCUT2D eigenvalue weighted by Gasteiger charge is -2.40. The second kappa shape index (κ2) is 9.42. The zero-order valence-corrected chi connectivity index (χ0v) is 20.6. The number of ether oxygens (including phenoxy) is 2. The molecular formula is C28H25N3O6. The van der Waals surface area contributed by atoms with Crippen molar-refractivity contribution in [2.45, 2.75) is 19.5 Å². The highest BCUT2D eigenvalue weighted by molar-refractivity contribution is 6.18. The molecule has 2 aliphatic rings. The lowest BCUT2D eigenvalue weighted by molar-refractivity contribution is -0.116. The Morgan fingerprint density at radius 3 is 2.46 bits per heavy atom. The lowest BCUT2D eigenvalue weighted by atomic mass is 10.0. The van der Waals surface area contributed by atoms with Crippen molar-refractivity contribution in [2.75, 3.05) is 31.0 Å². The van der Waals surface area contributed by atoms with Crippen molar-refractivity contribution in [2.24, 2.45) is 0 Å². The maximum absolute atomic E-state index is 13.7. The maximum Gasteiger partial charge on any atom is 0.264 e. The summed E-state index contributed by atoms with van der Waals surface area (Å²) < 4.78 is 10.9. The van der Waals surface area contributed by atoms with Crippen LogP contribution in [0.5, 0.6) is 11.5 Å². The number of carbonyl (C=O) groups excluding carboxylic acids is 4. The predicted octanol–water partition coefficient (Wildman–Crippen LogP) is 4.05. The zero-order chi connectivity index (χ0) is 26.3. The third kappa shape index (κ3) is 3.98. The van der Waals surface area contributed by atoms with Crippen LogP contribution in [-0.4, -0.2) is 49.2 Å². The largest absolute Gasteiger partial charge is 0.493 e. The first-order chi connectivity index (χ1) is 17.8. The Bertz CT molecular complexity index is 1450. The second-order valence-electron chi connectivity index (χ2n) is 8.76. The molecule has 1 N–H and O–H groups in total. The van der Waals surface area contributed by atoms with E-state index in [1.807, 2.05) is 0 Å². The van der Waals surface area contributed by atoms with E-state index in [0.717, 1.165) is 0 Å². The molecule has 37 heavy (non-hydrogen) atoms. The number of amides is 3. The van der Waals surface area contributed by atoms with E-state index in [-0.39, 0.29) is 36.5 Å². The van der Waals surface area contributed by atoms with Crippen molar-refractivity contribution in [3.05, 3.63) is 82.9 Å². The number of Topliss-reactive ketones (excluding diaryl/α,β-unsaturated/α-hetero) is 1. The number of hydrogen-bond donors (Lipinski definition) is 1. The zero-order valence-electron chi connectivity index (χ0n) is 20.6. The van der Waals surface area contributed by atoms with Crippen LogP contribution >= 0.6 is 0 Å². The molecule has 2 heterocycles. The fourth-order valence-corrected chi connectivity index (χ4v) is 4.91. The average Bonchev–Trinajstić information content (AvgIpc) is 3.20. The van der Waals surface area contributed by atoms with E-state index >= 15 is 0 Å². The Kier molecular flexibility index (Phi) is 6.12. The van der Waals surface area contributed by atoms with Crippen molar-refractivity contribution < 1.29 is 28.7 Å². The minimum Gasteiger partial charge on any atom is -0.493 e. The van der Waals surface area contributed by atoms with E-state index in [4.69, 9.17) is 9.47 Å². The molecule has 3 aromatic rings. The van der Waals surface area contributed by atoms with Crippen LogP contribution in [0.3, 0.4) is 0 Å².